The highest BCUT2D eigenvalue weighted by atomic mass is 32.1. The molecule has 0 saturated heterocycles. The van der Waals surface area contributed by atoms with Gasteiger partial charge < -0.3 is 18.3 Å². The highest BCUT2D eigenvalue weighted by Gasteiger charge is 2.26. The molecule has 0 aliphatic heterocycles. The van der Waals surface area contributed by atoms with Crippen LogP contribution in [-0.2, 0) is 16.1 Å². The molecule has 8 heteroatoms. The minimum atomic E-state index is -0.720. The van der Waals surface area contributed by atoms with E-state index in [0.29, 0.717) is 23.6 Å². The van der Waals surface area contributed by atoms with E-state index in [2.05, 4.69) is 10.2 Å². The van der Waals surface area contributed by atoms with E-state index in [9.17, 15) is 4.79 Å². The lowest BCUT2D eigenvalue weighted by Crippen LogP contribution is -2.11. The summed E-state index contributed by atoms with van der Waals surface area (Å²) in [6.45, 7) is 4.35. The van der Waals surface area contributed by atoms with E-state index in [1.165, 1.54) is 11.3 Å². The zero-order chi connectivity index (χ0) is 19.5. The van der Waals surface area contributed by atoms with Crippen molar-refractivity contribution in [3.8, 4) is 10.8 Å². The second-order valence-corrected chi connectivity index (χ2v) is 6.96. The molecule has 0 aliphatic carbocycles. The Morgan fingerprint density at radius 1 is 1.18 bits per heavy atom. The van der Waals surface area contributed by atoms with Gasteiger partial charge in [-0.1, -0.05) is 24.3 Å². The quantitative estimate of drug-likeness (QED) is 0.405. The summed E-state index contributed by atoms with van der Waals surface area (Å²) in [5.41, 5.74) is 1.27. The molecule has 7 nitrogen and oxygen atoms in total. The number of hydrogen-bond donors (Lipinski definition) is 0. The summed E-state index contributed by atoms with van der Waals surface area (Å²) >= 11 is 1.49. The average Bonchev–Trinajstić information content (AvgIpc) is 3.45. The summed E-state index contributed by atoms with van der Waals surface area (Å²) < 4.78 is 22.4. The van der Waals surface area contributed by atoms with Gasteiger partial charge in [0, 0.05) is 17.6 Å². The molecule has 0 radical (unpaired) electrons. The Labute approximate surface area is 164 Å². The van der Waals surface area contributed by atoms with Crippen LogP contribution in [0.1, 0.15) is 42.0 Å². The van der Waals surface area contributed by atoms with Gasteiger partial charge in [0.05, 0.1) is 11.5 Å². The van der Waals surface area contributed by atoms with E-state index in [4.69, 9.17) is 18.3 Å². The summed E-state index contributed by atoms with van der Waals surface area (Å²) in [7, 11) is 0. The third-order valence-electron chi connectivity index (χ3n) is 4.14. The first-order chi connectivity index (χ1) is 13.7. The van der Waals surface area contributed by atoms with Crippen LogP contribution in [-0.4, -0.2) is 22.8 Å². The smallest absolute Gasteiger partial charge is 0.375 e. The number of esters is 1. The summed E-state index contributed by atoms with van der Waals surface area (Å²) in [5.74, 6) is 0.140. The maximum absolute atomic E-state index is 12.8. The van der Waals surface area contributed by atoms with Crippen molar-refractivity contribution in [2.75, 3.05) is 6.61 Å². The number of thiophene rings is 1. The van der Waals surface area contributed by atoms with Gasteiger partial charge >= 0.3 is 5.97 Å². The van der Waals surface area contributed by atoms with Crippen molar-refractivity contribution in [3.63, 3.8) is 0 Å². The molecule has 1 atom stereocenters. The second-order valence-electron chi connectivity index (χ2n) is 6.01. The lowest BCUT2D eigenvalue weighted by Gasteiger charge is -2.09. The number of aromatic nitrogens is 2. The van der Waals surface area contributed by atoms with Gasteiger partial charge in [0.25, 0.3) is 11.8 Å². The number of carbonyl (C=O) groups is 1. The fourth-order valence-electron chi connectivity index (χ4n) is 2.77. The van der Waals surface area contributed by atoms with Gasteiger partial charge in [0.15, 0.2) is 6.10 Å². The lowest BCUT2D eigenvalue weighted by molar-refractivity contribution is 0.0240. The largest absolute Gasteiger partial charge is 0.449 e. The molecule has 144 valence electrons. The molecule has 28 heavy (non-hydrogen) atoms. The van der Waals surface area contributed by atoms with Crippen molar-refractivity contribution in [1.29, 1.82) is 0 Å². The standard InChI is InChI=1S/C20H18N2O5S/c1-3-24-11-14-13-7-4-5-8-15(13)26-17(14)20(23)25-12(2)18-21-22-19(27-18)16-9-6-10-28-16/h4-10,12H,3,11H2,1-2H3/t12-/m1/s1. The first-order valence-corrected chi connectivity index (χ1v) is 9.71. The molecule has 0 saturated carbocycles. The van der Waals surface area contributed by atoms with Crippen molar-refractivity contribution >= 4 is 28.3 Å². The fraction of sp³-hybridized carbons (Fsp3) is 0.250. The first kappa shape index (κ1) is 18.4. The molecule has 0 unspecified atom stereocenters. The van der Waals surface area contributed by atoms with E-state index >= 15 is 0 Å². The average molecular weight is 398 g/mol. The van der Waals surface area contributed by atoms with E-state index < -0.39 is 12.1 Å². The van der Waals surface area contributed by atoms with Gasteiger partial charge in [-0.25, -0.2) is 4.79 Å². The van der Waals surface area contributed by atoms with Crippen LogP contribution in [0.4, 0.5) is 0 Å². The zero-order valence-electron chi connectivity index (χ0n) is 15.4. The van der Waals surface area contributed by atoms with Crippen molar-refractivity contribution < 1.29 is 23.1 Å². The Bertz CT molecular complexity index is 1080. The summed E-state index contributed by atoms with van der Waals surface area (Å²) in [6, 6.07) is 11.2. The van der Waals surface area contributed by atoms with Crippen LogP contribution in [0, 0.1) is 0 Å². The number of benzene rings is 1. The first-order valence-electron chi connectivity index (χ1n) is 8.83. The third-order valence-corrected chi connectivity index (χ3v) is 5.00. The number of nitrogens with zero attached hydrogens (tertiary/aromatic N) is 2. The van der Waals surface area contributed by atoms with Crippen molar-refractivity contribution in [2.24, 2.45) is 0 Å². The molecule has 4 aromatic rings. The maximum atomic E-state index is 12.8. The van der Waals surface area contributed by atoms with Crippen LogP contribution in [0.2, 0.25) is 0 Å². The predicted octanol–water partition coefficient (Wildman–Crippen LogP) is 5.00. The minimum Gasteiger partial charge on any atom is -0.449 e. The molecular weight excluding hydrogens is 380 g/mol. The third kappa shape index (κ3) is 3.56. The van der Waals surface area contributed by atoms with E-state index in [-0.39, 0.29) is 18.3 Å². The molecule has 4 rings (SSSR count). The molecule has 0 aliphatic rings. The Balaban J connectivity index is 1.56. The molecule has 0 spiro atoms. The van der Waals surface area contributed by atoms with Gasteiger partial charge in [-0.3, -0.25) is 0 Å². The highest BCUT2D eigenvalue weighted by Crippen LogP contribution is 2.30. The van der Waals surface area contributed by atoms with Crippen LogP contribution in [0.3, 0.4) is 0 Å². The summed E-state index contributed by atoms with van der Waals surface area (Å²) in [6.07, 6.45) is -0.720. The normalized spacial score (nSPS) is 12.4. The van der Waals surface area contributed by atoms with Crippen LogP contribution in [0.25, 0.3) is 21.7 Å². The molecule has 0 amide bonds. The molecule has 1 aromatic carbocycles. The Morgan fingerprint density at radius 3 is 2.82 bits per heavy atom. The van der Waals surface area contributed by atoms with E-state index in [1.54, 1.807) is 13.0 Å². The Kier molecular flexibility index (Phi) is 5.23. The number of hydrogen-bond acceptors (Lipinski definition) is 8. The number of rotatable bonds is 7. The Morgan fingerprint density at radius 2 is 2.04 bits per heavy atom. The fourth-order valence-corrected chi connectivity index (χ4v) is 3.42. The highest BCUT2D eigenvalue weighted by molar-refractivity contribution is 7.13. The van der Waals surface area contributed by atoms with Gasteiger partial charge in [0.1, 0.15) is 5.58 Å². The molecule has 0 fully saturated rings. The van der Waals surface area contributed by atoms with Gasteiger partial charge in [-0.2, -0.15) is 0 Å². The molecule has 0 bridgehead atoms. The van der Waals surface area contributed by atoms with Gasteiger partial charge in [-0.15, -0.1) is 21.5 Å². The predicted molar refractivity (Wildman–Crippen MR) is 103 cm³/mol. The summed E-state index contributed by atoms with van der Waals surface area (Å²) in [5, 5.41) is 10.8. The van der Waals surface area contributed by atoms with E-state index in [1.807, 2.05) is 42.6 Å². The number of para-hydroxylation sites is 1. The second kappa shape index (κ2) is 7.95. The molecule has 3 heterocycles. The monoisotopic (exact) mass is 398 g/mol. The van der Waals surface area contributed by atoms with Crippen LogP contribution < -0.4 is 0 Å². The minimum absolute atomic E-state index is 0.125. The summed E-state index contributed by atoms with van der Waals surface area (Å²) in [4.78, 5) is 13.6. The zero-order valence-corrected chi connectivity index (χ0v) is 16.2. The Hall–Kier alpha value is -2.97. The van der Waals surface area contributed by atoms with Gasteiger partial charge in [-0.05, 0) is 31.4 Å². The molecular formula is C20H18N2O5S. The number of ether oxygens (including phenoxy) is 2. The lowest BCUT2D eigenvalue weighted by atomic mass is 10.1. The van der Waals surface area contributed by atoms with Crippen LogP contribution in [0.5, 0.6) is 0 Å². The SMILES string of the molecule is CCOCc1c(C(=O)O[C@H](C)c2nnc(-c3cccs3)o2)oc2ccccc12. The number of carbonyl (C=O) groups excluding carboxylic acids is 1. The number of fused-ring (bicyclic) bond motifs is 1. The molecule has 3 aromatic heterocycles. The maximum Gasteiger partial charge on any atom is 0.375 e. The molecule has 0 N–H and O–H groups in total. The van der Waals surface area contributed by atoms with Gasteiger partial charge in [0.2, 0.25) is 5.76 Å². The van der Waals surface area contributed by atoms with E-state index in [0.717, 1.165) is 10.3 Å². The number of furan rings is 1. The van der Waals surface area contributed by atoms with Crippen LogP contribution >= 0.6 is 11.3 Å². The van der Waals surface area contributed by atoms with Crippen molar-refractivity contribution in [1.82, 2.24) is 10.2 Å². The van der Waals surface area contributed by atoms with Crippen molar-refractivity contribution in [3.05, 3.63) is 59.0 Å². The topological polar surface area (TPSA) is 87.6 Å². The van der Waals surface area contributed by atoms with Crippen molar-refractivity contribution in [2.45, 2.75) is 26.6 Å². The van der Waals surface area contributed by atoms with Crippen LogP contribution in [0.15, 0.2) is 50.6 Å².